The summed E-state index contributed by atoms with van der Waals surface area (Å²) in [5, 5.41) is 32.0. The number of hydrogen-bond acceptors (Lipinski definition) is 9. The number of carboxylic acids is 2. The zero-order valence-electron chi connectivity index (χ0n) is 17.8. The fourth-order valence-electron chi connectivity index (χ4n) is 3.17. The third-order valence-electron chi connectivity index (χ3n) is 4.83. The molecule has 0 radical (unpaired) electrons. The van der Waals surface area contributed by atoms with Gasteiger partial charge in [0, 0.05) is 11.8 Å². The molecule has 0 fully saturated rings. The van der Waals surface area contributed by atoms with E-state index in [1.54, 1.807) is 0 Å². The normalized spacial score (nSPS) is 10.7. The predicted molar refractivity (Wildman–Crippen MR) is 121 cm³/mol. The Balaban J connectivity index is 1.54. The fraction of sp³-hybridized carbons (Fsp3) is 0.0476. The molecule has 0 bridgehead atoms. The van der Waals surface area contributed by atoms with Crippen molar-refractivity contribution in [3.8, 4) is 11.4 Å². The first kappa shape index (κ1) is 23.6. The van der Waals surface area contributed by atoms with Crippen LogP contribution in [0.25, 0.3) is 22.4 Å². The number of H-pyrrole nitrogens is 2. The van der Waals surface area contributed by atoms with E-state index in [9.17, 15) is 29.3 Å². The number of aromatic amines is 2. The number of carboxylic acid groups (broad SMARTS) is 2. The number of rotatable bonds is 7. The lowest BCUT2D eigenvalue weighted by Crippen LogP contribution is -2.19. The van der Waals surface area contributed by atoms with Crippen LogP contribution in [0.3, 0.4) is 0 Å². The molecule has 2 heterocycles. The largest absolute Gasteiger partial charge is 0.478 e. The summed E-state index contributed by atoms with van der Waals surface area (Å²) in [4.78, 5) is 69.7. The molecule has 0 saturated carbocycles. The molecule has 0 spiro atoms. The second-order valence-electron chi connectivity index (χ2n) is 7.20. The maximum absolute atomic E-state index is 12.0. The number of ether oxygens (including phenoxy) is 1. The summed E-state index contributed by atoms with van der Waals surface area (Å²) in [7, 11) is 0. The topological polar surface area (TPSA) is 230 Å². The molecule has 4 rings (SSSR count). The molecule has 0 aliphatic rings. The van der Waals surface area contributed by atoms with E-state index >= 15 is 0 Å². The zero-order chi connectivity index (χ0) is 26.0. The Bertz CT molecular complexity index is 1590. The van der Waals surface area contributed by atoms with Crippen molar-refractivity contribution in [3.63, 3.8) is 0 Å². The van der Waals surface area contributed by atoms with Crippen LogP contribution in [0, 0.1) is 10.1 Å². The summed E-state index contributed by atoms with van der Waals surface area (Å²) in [6.45, 7) is -0.290. The number of aromatic carboxylic acids is 2. The Morgan fingerprint density at radius 1 is 1.08 bits per heavy atom. The summed E-state index contributed by atoms with van der Waals surface area (Å²) in [6, 6.07) is 7.61. The molecule has 4 aromatic rings. The number of imidazole rings is 1. The van der Waals surface area contributed by atoms with Crippen LogP contribution in [0.1, 0.15) is 26.5 Å². The second-order valence-corrected chi connectivity index (χ2v) is 7.20. The van der Waals surface area contributed by atoms with Crippen LogP contribution in [0.5, 0.6) is 0 Å². The molecule has 36 heavy (non-hydrogen) atoms. The SMILES string of the molecule is O=C(Nc1ccc(C(=O)O)cc1)OCc1cnc(-c2cc3nc(C(=O)O)c(=O)[nH]c3cc2[N+](=O)[O-])[nH]1. The third kappa shape index (κ3) is 4.84. The highest BCUT2D eigenvalue weighted by Crippen LogP contribution is 2.31. The van der Waals surface area contributed by atoms with E-state index in [0.717, 1.165) is 6.07 Å². The number of nitrogens with one attached hydrogen (secondary N) is 3. The molecule has 0 unspecified atom stereocenters. The van der Waals surface area contributed by atoms with Gasteiger partial charge in [0.05, 0.1) is 39.0 Å². The Kier molecular flexibility index (Phi) is 6.11. The van der Waals surface area contributed by atoms with Gasteiger partial charge in [-0.25, -0.2) is 24.4 Å². The monoisotopic (exact) mass is 494 g/mol. The highest BCUT2D eigenvalue weighted by Gasteiger charge is 2.22. The van der Waals surface area contributed by atoms with Gasteiger partial charge in [0.2, 0.25) is 5.69 Å². The standard InChI is InChI=1S/C21H14N6O9/c28-18-16(20(31)32)25-13-5-12(15(27(34)35)6-14(13)26-18)17-22-7-11(23-17)8-36-21(33)24-10-3-1-9(2-4-10)19(29)30/h1-7H,8H2,(H,22,23)(H,24,33)(H,26,28)(H,29,30)(H,31,32). The fourth-order valence-corrected chi connectivity index (χ4v) is 3.17. The van der Waals surface area contributed by atoms with E-state index in [1.807, 2.05) is 0 Å². The van der Waals surface area contributed by atoms with Gasteiger partial charge in [-0.1, -0.05) is 0 Å². The minimum absolute atomic E-state index is 0.0109. The molecule has 0 saturated heterocycles. The van der Waals surface area contributed by atoms with Crippen LogP contribution in [-0.4, -0.2) is 53.1 Å². The van der Waals surface area contributed by atoms with Crippen LogP contribution in [0.15, 0.2) is 47.4 Å². The van der Waals surface area contributed by atoms with Crippen LogP contribution in [0.4, 0.5) is 16.2 Å². The zero-order valence-corrected chi connectivity index (χ0v) is 17.8. The van der Waals surface area contributed by atoms with Crippen LogP contribution < -0.4 is 10.9 Å². The number of hydrogen-bond donors (Lipinski definition) is 5. The number of carbonyl (C=O) groups excluding carboxylic acids is 1. The van der Waals surface area contributed by atoms with E-state index < -0.39 is 39.9 Å². The molecule has 182 valence electrons. The molecule has 2 aromatic heterocycles. The van der Waals surface area contributed by atoms with Gasteiger partial charge in [0.15, 0.2) is 0 Å². The maximum atomic E-state index is 12.0. The number of aromatic nitrogens is 4. The number of fused-ring (bicyclic) bond motifs is 1. The van der Waals surface area contributed by atoms with Gasteiger partial charge in [-0.15, -0.1) is 0 Å². The van der Waals surface area contributed by atoms with Crippen LogP contribution in [-0.2, 0) is 11.3 Å². The molecule has 15 heteroatoms. The average Bonchev–Trinajstić information content (AvgIpc) is 3.30. The first-order chi connectivity index (χ1) is 17.1. The Morgan fingerprint density at radius 3 is 2.44 bits per heavy atom. The van der Waals surface area contributed by atoms with E-state index in [2.05, 4.69) is 25.3 Å². The van der Waals surface area contributed by atoms with Crippen molar-refractivity contribution in [2.24, 2.45) is 0 Å². The molecule has 1 amide bonds. The summed E-state index contributed by atoms with van der Waals surface area (Å²) >= 11 is 0. The van der Waals surface area contributed by atoms with Crippen molar-refractivity contribution in [2.75, 3.05) is 5.32 Å². The van der Waals surface area contributed by atoms with E-state index in [1.165, 1.54) is 36.5 Å². The molecular weight excluding hydrogens is 480 g/mol. The molecule has 0 aliphatic carbocycles. The van der Waals surface area contributed by atoms with Gasteiger partial charge >= 0.3 is 18.0 Å². The van der Waals surface area contributed by atoms with E-state index in [0.29, 0.717) is 5.69 Å². The number of amides is 1. The highest BCUT2D eigenvalue weighted by molar-refractivity contribution is 5.91. The van der Waals surface area contributed by atoms with Crippen molar-refractivity contribution in [2.45, 2.75) is 6.61 Å². The summed E-state index contributed by atoms with van der Waals surface area (Å²) in [5.41, 5.74) is -1.71. The number of nitrogens with zero attached hydrogens (tertiary/aromatic N) is 3. The minimum Gasteiger partial charge on any atom is -0.478 e. The van der Waals surface area contributed by atoms with Crippen molar-refractivity contribution in [1.29, 1.82) is 0 Å². The minimum atomic E-state index is -1.56. The molecule has 5 N–H and O–H groups in total. The lowest BCUT2D eigenvalue weighted by Gasteiger charge is -2.06. The quantitative estimate of drug-likeness (QED) is 0.185. The Hall–Kier alpha value is -5.60. The smallest absolute Gasteiger partial charge is 0.412 e. The predicted octanol–water partition coefficient (Wildman–Crippen LogP) is 2.37. The van der Waals surface area contributed by atoms with E-state index in [4.69, 9.17) is 14.9 Å². The first-order valence-electron chi connectivity index (χ1n) is 9.89. The number of nitro groups is 1. The Morgan fingerprint density at radius 2 is 1.81 bits per heavy atom. The number of benzene rings is 2. The Labute approximate surface area is 198 Å². The number of nitro benzene ring substituents is 1. The second kappa shape index (κ2) is 9.34. The van der Waals surface area contributed by atoms with Gasteiger partial charge in [-0.2, -0.15) is 0 Å². The van der Waals surface area contributed by atoms with Crippen LogP contribution in [0.2, 0.25) is 0 Å². The van der Waals surface area contributed by atoms with Crippen molar-refractivity contribution in [1.82, 2.24) is 19.9 Å². The lowest BCUT2D eigenvalue weighted by atomic mass is 10.1. The summed E-state index contributed by atoms with van der Waals surface area (Å²) in [6.07, 6.45) is 0.432. The molecule has 0 aliphatic heterocycles. The maximum Gasteiger partial charge on any atom is 0.412 e. The molecule has 15 nitrogen and oxygen atoms in total. The molecule has 2 aromatic carbocycles. The van der Waals surface area contributed by atoms with Crippen LogP contribution >= 0.6 is 0 Å². The van der Waals surface area contributed by atoms with Gasteiger partial charge in [-0.05, 0) is 30.3 Å². The van der Waals surface area contributed by atoms with Gasteiger partial charge in [0.25, 0.3) is 11.2 Å². The van der Waals surface area contributed by atoms with E-state index in [-0.39, 0.29) is 40.3 Å². The summed E-state index contributed by atoms with van der Waals surface area (Å²) < 4.78 is 5.07. The van der Waals surface area contributed by atoms with Gasteiger partial charge in [0.1, 0.15) is 12.4 Å². The number of anilines is 1. The average molecular weight is 494 g/mol. The van der Waals surface area contributed by atoms with Crippen molar-refractivity contribution < 1.29 is 34.3 Å². The van der Waals surface area contributed by atoms with Crippen molar-refractivity contribution in [3.05, 3.63) is 80.0 Å². The highest BCUT2D eigenvalue weighted by atomic mass is 16.6. The van der Waals surface area contributed by atoms with Gasteiger partial charge < -0.3 is 24.9 Å². The first-order valence-corrected chi connectivity index (χ1v) is 9.89. The summed E-state index contributed by atoms with van der Waals surface area (Å²) in [5.74, 6) is -2.67. The lowest BCUT2D eigenvalue weighted by molar-refractivity contribution is -0.384. The number of carbonyl (C=O) groups is 3. The third-order valence-corrected chi connectivity index (χ3v) is 4.83. The molecular formula is C21H14N6O9. The van der Waals surface area contributed by atoms with Crippen molar-refractivity contribution >= 4 is 40.4 Å². The molecule has 0 atom stereocenters. The van der Waals surface area contributed by atoms with Gasteiger partial charge in [-0.3, -0.25) is 20.2 Å².